The van der Waals surface area contributed by atoms with E-state index in [-0.39, 0.29) is 30.7 Å². The number of benzene rings is 1. The Morgan fingerprint density at radius 1 is 1.22 bits per heavy atom. The number of carboxylic acid groups (broad SMARTS) is 1. The molecule has 1 aliphatic carbocycles. The number of carboxylic acids is 1. The molecule has 126 valence electrons. The topological polar surface area (TPSA) is 75.6 Å². The Morgan fingerprint density at radius 2 is 1.96 bits per heavy atom. The van der Waals surface area contributed by atoms with Crippen molar-refractivity contribution >= 4 is 11.9 Å². The first kappa shape index (κ1) is 17.2. The minimum Gasteiger partial charge on any atom is -0.492 e. The molecule has 1 saturated carbocycles. The van der Waals surface area contributed by atoms with Gasteiger partial charge in [-0.1, -0.05) is 6.42 Å². The largest absolute Gasteiger partial charge is 0.492 e. The summed E-state index contributed by atoms with van der Waals surface area (Å²) < 4.78 is 31.0. The van der Waals surface area contributed by atoms with Crippen molar-refractivity contribution in [2.45, 2.75) is 25.7 Å². The van der Waals surface area contributed by atoms with Crippen molar-refractivity contribution in [3.63, 3.8) is 0 Å². The monoisotopic (exact) mass is 327 g/mol. The van der Waals surface area contributed by atoms with Crippen molar-refractivity contribution in [2.24, 2.45) is 11.8 Å². The number of hydrogen-bond acceptors (Lipinski definition) is 3. The lowest BCUT2D eigenvalue weighted by atomic mass is 9.81. The van der Waals surface area contributed by atoms with Crippen LogP contribution >= 0.6 is 0 Å². The third-order valence-electron chi connectivity index (χ3n) is 3.96. The van der Waals surface area contributed by atoms with Gasteiger partial charge in [0, 0.05) is 12.0 Å². The number of ether oxygens (including phenoxy) is 1. The molecule has 1 aromatic carbocycles. The molecule has 1 aliphatic rings. The van der Waals surface area contributed by atoms with Crippen molar-refractivity contribution in [3.05, 3.63) is 29.8 Å². The molecule has 2 N–H and O–H groups in total. The number of amides is 1. The molecular weight excluding hydrogens is 308 g/mol. The zero-order valence-corrected chi connectivity index (χ0v) is 12.6. The zero-order valence-electron chi connectivity index (χ0n) is 12.6. The number of halogens is 2. The lowest BCUT2D eigenvalue weighted by Crippen LogP contribution is -2.37. The molecule has 1 amide bonds. The number of rotatable bonds is 6. The zero-order chi connectivity index (χ0) is 16.8. The molecule has 2 rings (SSSR count). The standard InChI is InChI=1S/C16H19F2NO4/c17-13-5-4-12(9-14(13)18)23-7-6-19-15(20)10-2-1-3-11(8-10)16(21)22/h4-5,9-11H,1-3,6-8H2,(H,19,20)(H,21,22). The van der Waals surface area contributed by atoms with E-state index >= 15 is 0 Å². The number of nitrogens with one attached hydrogen (secondary N) is 1. The average Bonchev–Trinajstić information content (AvgIpc) is 2.54. The number of carbonyl (C=O) groups is 2. The van der Waals surface area contributed by atoms with Gasteiger partial charge in [0.15, 0.2) is 11.6 Å². The summed E-state index contributed by atoms with van der Waals surface area (Å²) in [5.41, 5.74) is 0. The molecule has 0 bridgehead atoms. The van der Waals surface area contributed by atoms with Crippen LogP contribution in [0.25, 0.3) is 0 Å². The third-order valence-corrected chi connectivity index (χ3v) is 3.96. The Bertz CT molecular complexity index is 579. The van der Waals surface area contributed by atoms with Gasteiger partial charge in [-0.15, -0.1) is 0 Å². The van der Waals surface area contributed by atoms with E-state index in [4.69, 9.17) is 9.84 Å². The van der Waals surface area contributed by atoms with E-state index in [0.717, 1.165) is 18.6 Å². The van der Waals surface area contributed by atoms with Crippen molar-refractivity contribution in [2.75, 3.05) is 13.2 Å². The summed E-state index contributed by atoms with van der Waals surface area (Å²) in [6.45, 7) is 0.331. The van der Waals surface area contributed by atoms with Gasteiger partial charge in [0.25, 0.3) is 0 Å². The molecule has 2 unspecified atom stereocenters. The van der Waals surface area contributed by atoms with Crippen LogP contribution in [0.4, 0.5) is 8.78 Å². The predicted molar refractivity (Wildman–Crippen MR) is 77.9 cm³/mol. The normalized spacial score (nSPS) is 20.8. The Kier molecular flexibility index (Phi) is 5.90. The van der Waals surface area contributed by atoms with Gasteiger partial charge in [-0.3, -0.25) is 9.59 Å². The summed E-state index contributed by atoms with van der Waals surface area (Å²) in [4.78, 5) is 23.0. The average molecular weight is 327 g/mol. The van der Waals surface area contributed by atoms with Crippen molar-refractivity contribution in [1.82, 2.24) is 5.32 Å². The minimum atomic E-state index is -0.992. The number of hydrogen-bond donors (Lipinski definition) is 2. The van der Waals surface area contributed by atoms with Crippen molar-refractivity contribution in [3.8, 4) is 5.75 Å². The van der Waals surface area contributed by atoms with Crippen LogP contribution in [-0.2, 0) is 9.59 Å². The molecule has 0 aliphatic heterocycles. The first-order valence-electron chi connectivity index (χ1n) is 7.55. The highest BCUT2D eigenvalue weighted by molar-refractivity contribution is 5.80. The number of carbonyl (C=O) groups excluding carboxylic acids is 1. The van der Waals surface area contributed by atoms with Crippen LogP contribution in [0.15, 0.2) is 18.2 Å². The van der Waals surface area contributed by atoms with Crippen molar-refractivity contribution in [1.29, 1.82) is 0 Å². The fourth-order valence-electron chi connectivity index (χ4n) is 2.71. The van der Waals surface area contributed by atoms with Crippen LogP contribution in [0.3, 0.4) is 0 Å². The summed E-state index contributed by atoms with van der Waals surface area (Å²) in [5.74, 6) is -3.56. The minimum absolute atomic E-state index is 0.117. The fraction of sp³-hybridized carbons (Fsp3) is 0.500. The molecule has 0 spiro atoms. The van der Waals surface area contributed by atoms with Gasteiger partial charge in [0.2, 0.25) is 5.91 Å². The first-order valence-corrected chi connectivity index (χ1v) is 7.55. The van der Waals surface area contributed by atoms with Gasteiger partial charge in [-0.25, -0.2) is 8.78 Å². The molecule has 0 heterocycles. The van der Waals surface area contributed by atoms with Crippen LogP contribution in [-0.4, -0.2) is 30.1 Å². The summed E-state index contributed by atoms with van der Waals surface area (Å²) in [7, 11) is 0. The van der Waals surface area contributed by atoms with Gasteiger partial charge in [-0.2, -0.15) is 0 Å². The van der Waals surface area contributed by atoms with Crippen LogP contribution in [0.1, 0.15) is 25.7 Å². The first-order chi connectivity index (χ1) is 11.0. The highest BCUT2D eigenvalue weighted by atomic mass is 19.2. The molecule has 1 fully saturated rings. The Hall–Kier alpha value is -2.18. The molecule has 0 saturated heterocycles. The second kappa shape index (κ2) is 7.89. The molecule has 0 aromatic heterocycles. The summed E-state index contributed by atoms with van der Waals surface area (Å²) in [6, 6.07) is 3.21. The van der Waals surface area contributed by atoms with E-state index in [2.05, 4.69) is 5.32 Å². The van der Waals surface area contributed by atoms with Crippen LogP contribution < -0.4 is 10.1 Å². The number of aliphatic carboxylic acids is 1. The highest BCUT2D eigenvalue weighted by Crippen LogP contribution is 2.29. The van der Waals surface area contributed by atoms with Crippen LogP contribution in [0.2, 0.25) is 0 Å². The Morgan fingerprint density at radius 3 is 2.65 bits per heavy atom. The van der Waals surface area contributed by atoms with Gasteiger partial charge in [0.1, 0.15) is 12.4 Å². The van der Waals surface area contributed by atoms with E-state index < -0.39 is 23.5 Å². The lowest BCUT2D eigenvalue weighted by molar-refractivity contribution is -0.144. The third kappa shape index (κ3) is 4.91. The molecule has 23 heavy (non-hydrogen) atoms. The SMILES string of the molecule is O=C(O)C1CCCC(C(=O)NCCOc2ccc(F)c(F)c2)C1. The van der Waals surface area contributed by atoms with Crippen molar-refractivity contribution < 1.29 is 28.2 Å². The van der Waals surface area contributed by atoms with E-state index in [1.807, 2.05) is 0 Å². The van der Waals surface area contributed by atoms with E-state index in [1.54, 1.807) is 0 Å². The Labute approximate surface area is 132 Å². The Balaban J connectivity index is 1.72. The van der Waals surface area contributed by atoms with Gasteiger partial charge < -0.3 is 15.2 Å². The summed E-state index contributed by atoms with van der Waals surface area (Å²) in [5, 5.41) is 11.7. The van der Waals surface area contributed by atoms with Crippen LogP contribution in [0, 0.1) is 23.5 Å². The molecule has 1 aromatic rings. The lowest BCUT2D eigenvalue weighted by Gasteiger charge is -2.25. The predicted octanol–water partition coefficient (Wildman–Crippen LogP) is 2.35. The molecule has 7 heteroatoms. The smallest absolute Gasteiger partial charge is 0.306 e. The molecule has 5 nitrogen and oxygen atoms in total. The van der Waals surface area contributed by atoms with Crippen LogP contribution in [0.5, 0.6) is 5.75 Å². The summed E-state index contributed by atoms with van der Waals surface area (Å²) in [6.07, 6.45) is 2.36. The summed E-state index contributed by atoms with van der Waals surface area (Å²) >= 11 is 0. The highest BCUT2D eigenvalue weighted by Gasteiger charge is 2.30. The fourth-order valence-corrected chi connectivity index (χ4v) is 2.71. The molecule has 0 radical (unpaired) electrons. The quantitative estimate of drug-likeness (QED) is 0.787. The molecular formula is C16H19F2NO4. The van der Waals surface area contributed by atoms with E-state index in [1.165, 1.54) is 6.07 Å². The second-order valence-corrected chi connectivity index (χ2v) is 5.61. The van der Waals surface area contributed by atoms with Gasteiger partial charge >= 0.3 is 5.97 Å². The maximum absolute atomic E-state index is 13.0. The molecule has 2 atom stereocenters. The second-order valence-electron chi connectivity index (χ2n) is 5.61. The maximum Gasteiger partial charge on any atom is 0.306 e. The van der Waals surface area contributed by atoms with Gasteiger partial charge in [-0.05, 0) is 31.4 Å². The van der Waals surface area contributed by atoms with Gasteiger partial charge in [0.05, 0.1) is 12.5 Å². The van der Waals surface area contributed by atoms with E-state index in [9.17, 15) is 18.4 Å². The van der Waals surface area contributed by atoms with E-state index in [0.29, 0.717) is 19.3 Å². The maximum atomic E-state index is 13.0.